The number of para-hydroxylation sites is 1. The molecule has 1 aromatic rings. The van der Waals surface area contributed by atoms with E-state index in [0.29, 0.717) is 5.75 Å². The SMILES string of the molecule is CCS(=O)Nc1c(Cl)cccc1C(=O)O. The lowest BCUT2D eigenvalue weighted by molar-refractivity contribution is 0.0698. The third-order valence-electron chi connectivity index (χ3n) is 1.72. The van der Waals surface area contributed by atoms with Gasteiger partial charge in [0.05, 0.1) is 16.3 Å². The molecule has 0 fully saturated rings. The van der Waals surface area contributed by atoms with Gasteiger partial charge in [0, 0.05) is 5.75 Å². The summed E-state index contributed by atoms with van der Waals surface area (Å²) in [5.74, 6) is -0.724. The number of nitrogens with one attached hydrogen (secondary N) is 1. The third kappa shape index (κ3) is 2.94. The highest BCUT2D eigenvalue weighted by Crippen LogP contribution is 2.26. The first-order valence-corrected chi connectivity index (χ1v) is 5.92. The maximum atomic E-state index is 11.3. The first-order chi connectivity index (χ1) is 7.06. The molecular formula is C9H10ClNO3S. The second-order valence-corrected chi connectivity index (χ2v) is 4.58. The van der Waals surface area contributed by atoms with Crippen LogP contribution in [-0.2, 0) is 11.0 Å². The normalized spacial score (nSPS) is 12.1. The summed E-state index contributed by atoms with van der Waals surface area (Å²) >= 11 is 5.81. The van der Waals surface area contributed by atoms with Crippen molar-refractivity contribution < 1.29 is 14.1 Å². The van der Waals surface area contributed by atoms with E-state index in [0.717, 1.165) is 0 Å². The first kappa shape index (κ1) is 12.0. The molecule has 0 spiro atoms. The van der Waals surface area contributed by atoms with Crippen LogP contribution in [0.15, 0.2) is 18.2 Å². The van der Waals surface area contributed by atoms with E-state index in [4.69, 9.17) is 16.7 Å². The molecule has 0 bridgehead atoms. The average Bonchev–Trinajstić information content (AvgIpc) is 2.20. The monoisotopic (exact) mass is 247 g/mol. The van der Waals surface area contributed by atoms with Gasteiger partial charge in [0.15, 0.2) is 0 Å². The lowest BCUT2D eigenvalue weighted by Crippen LogP contribution is -2.11. The van der Waals surface area contributed by atoms with E-state index < -0.39 is 17.0 Å². The molecule has 1 aromatic carbocycles. The number of anilines is 1. The van der Waals surface area contributed by atoms with Crippen molar-refractivity contribution in [3.8, 4) is 0 Å². The zero-order valence-corrected chi connectivity index (χ0v) is 9.56. The molecule has 82 valence electrons. The third-order valence-corrected chi connectivity index (χ3v) is 2.99. The van der Waals surface area contributed by atoms with Gasteiger partial charge in [-0.3, -0.25) is 0 Å². The number of halogens is 1. The summed E-state index contributed by atoms with van der Waals surface area (Å²) in [6, 6.07) is 4.48. The van der Waals surface area contributed by atoms with Crippen LogP contribution in [0.1, 0.15) is 17.3 Å². The van der Waals surface area contributed by atoms with Crippen molar-refractivity contribution in [2.24, 2.45) is 0 Å². The lowest BCUT2D eigenvalue weighted by Gasteiger charge is -2.09. The number of hydrogen-bond donors (Lipinski definition) is 2. The van der Waals surface area contributed by atoms with Gasteiger partial charge < -0.3 is 9.83 Å². The molecule has 0 aliphatic heterocycles. The number of benzene rings is 1. The van der Waals surface area contributed by atoms with Crippen molar-refractivity contribution in [2.45, 2.75) is 6.92 Å². The van der Waals surface area contributed by atoms with Crippen LogP contribution in [0.4, 0.5) is 5.69 Å². The fraction of sp³-hybridized carbons (Fsp3) is 0.222. The highest BCUT2D eigenvalue weighted by molar-refractivity contribution is 7.86. The number of carboxylic acid groups (broad SMARTS) is 1. The van der Waals surface area contributed by atoms with Crippen molar-refractivity contribution in [2.75, 3.05) is 10.5 Å². The fourth-order valence-electron chi connectivity index (χ4n) is 0.992. The molecule has 0 saturated heterocycles. The molecule has 0 aliphatic carbocycles. The van der Waals surface area contributed by atoms with Crippen molar-refractivity contribution in [1.82, 2.24) is 0 Å². The van der Waals surface area contributed by atoms with Crippen LogP contribution in [0.5, 0.6) is 0 Å². The highest BCUT2D eigenvalue weighted by atomic mass is 35.5. The van der Waals surface area contributed by atoms with Gasteiger partial charge in [-0.25, -0.2) is 9.00 Å². The lowest BCUT2D eigenvalue weighted by atomic mass is 10.2. The van der Waals surface area contributed by atoms with Crippen LogP contribution in [0, 0.1) is 0 Å². The predicted molar refractivity (Wildman–Crippen MR) is 60.7 cm³/mol. The summed E-state index contributed by atoms with van der Waals surface area (Å²) in [5, 5.41) is 9.13. The van der Waals surface area contributed by atoms with Gasteiger partial charge in [0.25, 0.3) is 0 Å². The van der Waals surface area contributed by atoms with Crippen LogP contribution in [0.3, 0.4) is 0 Å². The van der Waals surface area contributed by atoms with Gasteiger partial charge in [-0.05, 0) is 12.1 Å². The molecule has 1 rings (SSSR count). The molecule has 1 atom stereocenters. The Morgan fingerprint density at radius 2 is 2.27 bits per heavy atom. The quantitative estimate of drug-likeness (QED) is 0.857. The maximum Gasteiger partial charge on any atom is 0.337 e. The Kier molecular flexibility index (Phi) is 4.11. The van der Waals surface area contributed by atoms with Gasteiger partial charge in [-0.15, -0.1) is 0 Å². The van der Waals surface area contributed by atoms with E-state index in [9.17, 15) is 9.00 Å². The number of rotatable bonds is 4. The zero-order chi connectivity index (χ0) is 11.4. The van der Waals surface area contributed by atoms with Gasteiger partial charge in [-0.1, -0.05) is 24.6 Å². The van der Waals surface area contributed by atoms with E-state index in [1.54, 1.807) is 13.0 Å². The summed E-state index contributed by atoms with van der Waals surface area (Å²) in [6.45, 7) is 1.72. The smallest absolute Gasteiger partial charge is 0.337 e. The van der Waals surface area contributed by atoms with E-state index >= 15 is 0 Å². The number of aromatic carboxylic acids is 1. The summed E-state index contributed by atoms with van der Waals surface area (Å²) in [6.07, 6.45) is 0. The van der Waals surface area contributed by atoms with E-state index in [1.807, 2.05) is 0 Å². The Bertz CT molecular complexity index is 408. The molecule has 0 heterocycles. The molecule has 2 N–H and O–H groups in total. The largest absolute Gasteiger partial charge is 0.478 e. The molecule has 6 heteroatoms. The number of hydrogen-bond acceptors (Lipinski definition) is 2. The molecule has 0 radical (unpaired) electrons. The molecule has 0 amide bonds. The van der Waals surface area contributed by atoms with Gasteiger partial charge in [0.2, 0.25) is 0 Å². The molecular weight excluding hydrogens is 238 g/mol. The van der Waals surface area contributed by atoms with Crippen LogP contribution in [0.2, 0.25) is 5.02 Å². The van der Waals surface area contributed by atoms with Crippen LogP contribution in [0.25, 0.3) is 0 Å². The van der Waals surface area contributed by atoms with E-state index in [2.05, 4.69) is 4.72 Å². The Labute approximate surface area is 94.8 Å². The van der Waals surface area contributed by atoms with Crippen molar-refractivity contribution in [1.29, 1.82) is 0 Å². The summed E-state index contributed by atoms with van der Waals surface area (Å²) in [4.78, 5) is 10.8. The van der Waals surface area contributed by atoms with Crippen LogP contribution in [-0.4, -0.2) is 21.0 Å². The molecule has 4 nitrogen and oxygen atoms in total. The molecule has 0 aromatic heterocycles. The minimum absolute atomic E-state index is 0.0179. The van der Waals surface area contributed by atoms with Crippen LogP contribution >= 0.6 is 11.6 Å². The van der Waals surface area contributed by atoms with Crippen molar-refractivity contribution in [3.05, 3.63) is 28.8 Å². The molecule has 0 aliphatic rings. The summed E-state index contributed by atoms with van der Waals surface area (Å²) in [5.41, 5.74) is 0.219. The molecule has 1 unspecified atom stereocenters. The Morgan fingerprint density at radius 1 is 1.60 bits per heavy atom. The second kappa shape index (κ2) is 5.14. The van der Waals surface area contributed by atoms with Gasteiger partial charge in [0.1, 0.15) is 11.0 Å². The second-order valence-electron chi connectivity index (χ2n) is 2.70. The predicted octanol–water partition coefficient (Wildman–Crippen LogP) is 2.13. The highest BCUT2D eigenvalue weighted by Gasteiger charge is 2.13. The number of carboxylic acids is 1. The molecule has 15 heavy (non-hydrogen) atoms. The minimum atomic E-state index is -1.31. The van der Waals surface area contributed by atoms with Crippen molar-refractivity contribution in [3.63, 3.8) is 0 Å². The van der Waals surface area contributed by atoms with Crippen LogP contribution < -0.4 is 4.72 Å². The minimum Gasteiger partial charge on any atom is -0.478 e. The summed E-state index contributed by atoms with van der Waals surface area (Å²) < 4.78 is 13.8. The Hall–Kier alpha value is -1.07. The Balaban J connectivity index is 3.13. The summed E-state index contributed by atoms with van der Waals surface area (Å²) in [7, 11) is -1.31. The Morgan fingerprint density at radius 3 is 2.80 bits per heavy atom. The average molecular weight is 248 g/mol. The first-order valence-electron chi connectivity index (χ1n) is 4.23. The van der Waals surface area contributed by atoms with E-state index in [-0.39, 0.29) is 16.3 Å². The van der Waals surface area contributed by atoms with Gasteiger partial charge >= 0.3 is 5.97 Å². The molecule has 0 saturated carbocycles. The fourth-order valence-corrected chi connectivity index (χ4v) is 1.86. The van der Waals surface area contributed by atoms with Gasteiger partial charge in [-0.2, -0.15) is 0 Å². The maximum absolute atomic E-state index is 11.3. The van der Waals surface area contributed by atoms with E-state index in [1.165, 1.54) is 12.1 Å². The topological polar surface area (TPSA) is 66.4 Å². The standard InChI is InChI=1S/C9H10ClNO3S/c1-2-15(14)11-8-6(9(12)13)4-3-5-7(8)10/h3-5,11H,2H2,1H3,(H,12,13). The zero-order valence-electron chi connectivity index (χ0n) is 7.99. The number of carbonyl (C=O) groups is 1. The van der Waals surface area contributed by atoms with Crippen molar-refractivity contribution >= 4 is 34.2 Å².